The van der Waals surface area contributed by atoms with Crippen LogP contribution in [-0.2, 0) is 11.2 Å². The molecule has 0 atom stereocenters. The number of carbonyl (C=O) groups is 1. The number of hydrogen-bond acceptors (Lipinski definition) is 3. The Balaban J connectivity index is 1.68. The number of phenolic OH excluding ortho intramolecular Hbond substituents is 1. The summed E-state index contributed by atoms with van der Waals surface area (Å²) in [5.74, 6) is -0.0542. The quantitative estimate of drug-likeness (QED) is 0.266. The van der Waals surface area contributed by atoms with Gasteiger partial charge >= 0.3 is 0 Å². The molecule has 0 spiro atoms. The molecule has 0 radical (unpaired) electrons. The largest absolute Gasteiger partial charge is 0.506 e. The number of aromatic nitrogens is 1. The highest BCUT2D eigenvalue weighted by Crippen LogP contribution is 2.25. The van der Waals surface area contributed by atoms with E-state index in [1.807, 2.05) is 36.5 Å². The van der Waals surface area contributed by atoms with Crippen LogP contribution in [0.1, 0.15) is 11.1 Å². The summed E-state index contributed by atoms with van der Waals surface area (Å²) >= 11 is 4.22. The van der Waals surface area contributed by atoms with E-state index in [9.17, 15) is 9.90 Å². The lowest BCUT2D eigenvalue weighted by molar-refractivity contribution is -0.120. The van der Waals surface area contributed by atoms with Crippen molar-refractivity contribution in [3.8, 4) is 5.75 Å². The molecule has 0 aliphatic carbocycles. The van der Waals surface area contributed by atoms with Crippen LogP contribution in [0.4, 0.5) is 0 Å². The zero-order valence-corrected chi connectivity index (χ0v) is 16.7. The summed E-state index contributed by atoms with van der Waals surface area (Å²) in [6.45, 7) is 0. The first-order valence-electron chi connectivity index (χ1n) is 7.09. The maximum absolute atomic E-state index is 12.1. The van der Waals surface area contributed by atoms with E-state index in [4.69, 9.17) is 0 Å². The standard InChI is InChI=1S/C17H13I2N3O2/c18-12-5-11(17(24)14(19)7-12)9-21-22-16(23)6-10-8-20-15-4-2-1-3-13(10)15/h1-5,7-9,20,24H,6H2,(H,22,23)/b21-9+. The Kier molecular flexibility index (Phi) is 5.39. The van der Waals surface area contributed by atoms with Crippen molar-refractivity contribution in [2.75, 3.05) is 0 Å². The number of hydrogen-bond donors (Lipinski definition) is 3. The maximum Gasteiger partial charge on any atom is 0.244 e. The van der Waals surface area contributed by atoms with Gasteiger partial charge in [0, 0.05) is 26.2 Å². The van der Waals surface area contributed by atoms with Crippen LogP contribution in [0.5, 0.6) is 5.75 Å². The van der Waals surface area contributed by atoms with Gasteiger partial charge in [0.05, 0.1) is 16.2 Å². The van der Waals surface area contributed by atoms with Gasteiger partial charge in [-0.15, -0.1) is 0 Å². The number of para-hydroxylation sites is 1. The van der Waals surface area contributed by atoms with Crippen LogP contribution < -0.4 is 5.43 Å². The smallest absolute Gasteiger partial charge is 0.244 e. The van der Waals surface area contributed by atoms with Crippen molar-refractivity contribution in [3.63, 3.8) is 0 Å². The zero-order chi connectivity index (χ0) is 17.1. The normalized spacial score (nSPS) is 11.2. The summed E-state index contributed by atoms with van der Waals surface area (Å²) in [5, 5.41) is 15.0. The highest BCUT2D eigenvalue weighted by Gasteiger charge is 2.08. The summed E-state index contributed by atoms with van der Waals surface area (Å²) in [7, 11) is 0. The van der Waals surface area contributed by atoms with E-state index in [-0.39, 0.29) is 18.1 Å². The van der Waals surface area contributed by atoms with Gasteiger partial charge in [0.25, 0.3) is 0 Å². The number of nitrogens with one attached hydrogen (secondary N) is 2. The number of benzene rings is 2. The van der Waals surface area contributed by atoms with Gasteiger partial charge in [-0.1, -0.05) is 18.2 Å². The Hall–Kier alpha value is -1.62. The lowest BCUT2D eigenvalue weighted by Crippen LogP contribution is -2.19. The number of H-pyrrole nitrogens is 1. The molecule has 3 rings (SSSR count). The van der Waals surface area contributed by atoms with Crippen LogP contribution in [0, 0.1) is 7.14 Å². The summed E-state index contributed by atoms with van der Waals surface area (Å²) in [4.78, 5) is 15.2. The van der Waals surface area contributed by atoms with Gasteiger partial charge < -0.3 is 10.1 Å². The molecule has 1 aromatic heterocycles. The van der Waals surface area contributed by atoms with Crippen molar-refractivity contribution in [3.05, 3.63) is 60.9 Å². The first kappa shape index (κ1) is 17.2. The molecular formula is C17H13I2N3O2. The number of aromatic amines is 1. The van der Waals surface area contributed by atoms with E-state index in [2.05, 4.69) is 60.7 Å². The molecule has 0 unspecified atom stereocenters. The fraction of sp³-hybridized carbons (Fsp3) is 0.0588. The number of halogens is 2. The highest BCUT2D eigenvalue weighted by molar-refractivity contribution is 14.1. The fourth-order valence-electron chi connectivity index (χ4n) is 2.35. The number of hydrazone groups is 1. The third kappa shape index (κ3) is 3.89. The minimum absolute atomic E-state index is 0.158. The van der Waals surface area contributed by atoms with Crippen molar-refractivity contribution in [2.45, 2.75) is 6.42 Å². The summed E-state index contributed by atoms with van der Waals surface area (Å²) in [6.07, 6.45) is 3.52. The molecule has 0 aliphatic heterocycles. The molecule has 1 heterocycles. The van der Waals surface area contributed by atoms with Gasteiger partial charge in [-0.25, -0.2) is 5.43 Å². The molecule has 0 fully saturated rings. The van der Waals surface area contributed by atoms with Gasteiger partial charge in [0.2, 0.25) is 5.91 Å². The van der Waals surface area contributed by atoms with Gasteiger partial charge in [-0.3, -0.25) is 4.79 Å². The zero-order valence-electron chi connectivity index (χ0n) is 12.4. The molecule has 0 saturated carbocycles. The third-order valence-electron chi connectivity index (χ3n) is 3.48. The lowest BCUT2D eigenvalue weighted by Gasteiger charge is -2.03. The molecule has 3 N–H and O–H groups in total. The minimum Gasteiger partial charge on any atom is -0.506 e. The average Bonchev–Trinajstić information content (AvgIpc) is 2.95. The second-order valence-corrected chi connectivity index (χ2v) is 7.56. The number of phenols is 1. The van der Waals surface area contributed by atoms with Crippen LogP contribution in [0.15, 0.2) is 47.7 Å². The lowest BCUT2D eigenvalue weighted by atomic mass is 10.1. The molecule has 0 saturated heterocycles. The SMILES string of the molecule is O=C(Cc1c[nH]c2ccccc12)N/N=C/c1cc(I)cc(I)c1O. The first-order chi connectivity index (χ1) is 11.5. The number of rotatable bonds is 4. The molecule has 0 bridgehead atoms. The monoisotopic (exact) mass is 545 g/mol. The molecule has 1 amide bonds. The molecule has 122 valence electrons. The molecular weight excluding hydrogens is 532 g/mol. The van der Waals surface area contributed by atoms with E-state index in [1.165, 1.54) is 6.21 Å². The van der Waals surface area contributed by atoms with E-state index in [0.717, 1.165) is 23.6 Å². The third-order valence-corrected chi connectivity index (χ3v) is 4.92. The van der Waals surface area contributed by atoms with Gasteiger partial charge in [-0.2, -0.15) is 5.10 Å². The first-order valence-corrected chi connectivity index (χ1v) is 9.25. The van der Waals surface area contributed by atoms with E-state index in [0.29, 0.717) is 5.56 Å². The van der Waals surface area contributed by atoms with Crippen LogP contribution in [0.3, 0.4) is 0 Å². The van der Waals surface area contributed by atoms with Crippen LogP contribution >= 0.6 is 45.2 Å². The van der Waals surface area contributed by atoms with Crippen molar-refractivity contribution in [1.82, 2.24) is 10.4 Å². The predicted octanol–water partition coefficient (Wildman–Crippen LogP) is 3.78. The maximum atomic E-state index is 12.1. The van der Waals surface area contributed by atoms with Crippen molar-refractivity contribution in [2.24, 2.45) is 5.10 Å². The Labute approximate surface area is 165 Å². The van der Waals surface area contributed by atoms with Crippen LogP contribution in [0.25, 0.3) is 10.9 Å². The minimum atomic E-state index is -0.212. The molecule has 24 heavy (non-hydrogen) atoms. The van der Waals surface area contributed by atoms with Gasteiger partial charge in [-0.05, 0) is 68.9 Å². The summed E-state index contributed by atoms with van der Waals surface area (Å²) < 4.78 is 1.73. The molecule has 2 aromatic carbocycles. The van der Waals surface area contributed by atoms with Gasteiger partial charge in [0.1, 0.15) is 5.75 Å². The highest BCUT2D eigenvalue weighted by atomic mass is 127. The topological polar surface area (TPSA) is 77.5 Å². The van der Waals surface area contributed by atoms with Crippen molar-refractivity contribution < 1.29 is 9.90 Å². The van der Waals surface area contributed by atoms with Crippen LogP contribution in [-0.4, -0.2) is 22.2 Å². The van der Waals surface area contributed by atoms with E-state index >= 15 is 0 Å². The molecule has 3 aromatic rings. The average molecular weight is 545 g/mol. The number of aromatic hydroxyl groups is 1. The van der Waals surface area contributed by atoms with Crippen molar-refractivity contribution in [1.29, 1.82) is 0 Å². The number of fused-ring (bicyclic) bond motifs is 1. The second-order valence-electron chi connectivity index (χ2n) is 5.15. The Morgan fingerprint density at radius 3 is 2.92 bits per heavy atom. The fourth-order valence-corrected chi connectivity index (χ4v) is 4.24. The Morgan fingerprint density at radius 2 is 2.08 bits per heavy atom. The Morgan fingerprint density at radius 1 is 1.29 bits per heavy atom. The summed E-state index contributed by atoms with van der Waals surface area (Å²) in [5.41, 5.74) is 4.99. The van der Waals surface area contributed by atoms with Gasteiger partial charge in [0.15, 0.2) is 0 Å². The number of carbonyl (C=O) groups excluding carboxylic acids is 1. The summed E-state index contributed by atoms with van der Waals surface area (Å²) in [6, 6.07) is 11.5. The van der Waals surface area contributed by atoms with Crippen LogP contribution in [0.2, 0.25) is 0 Å². The van der Waals surface area contributed by atoms with E-state index < -0.39 is 0 Å². The number of nitrogens with zero attached hydrogens (tertiary/aromatic N) is 1. The van der Waals surface area contributed by atoms with Crippen molar-refractivity contribution >= 4 is 68.2 Å². The molecule has 7 heteroatoms. The molecule has 5 nitrogen and oxygen atoms in total. The van der Waals surface area contributed by atoms with E-state index in [1.54, 1.807) is 6.07 Å². The predicted molar refractivity (Wildman–Crippen MR) is 111 cm³/mol. The second kappa shape index (κ2) is 7.51. The molecule has 0 aliphatic rings. The Bertz CT molecular complexity index is 935. The number of amides is 1.